The van der Waals surface area contributed by atoms with E-state index in [0.29, 0.717) is 0 Å². The predicted molar refractivity (Wildman–Crippen MR) is 40.5 cm³/mol. The van der Waals surface area contributed by atoms with Gasteiger partial charge in [0.25, 0.3) is 5.91 Å². The number of nitriles is 1. The first-order chi connectivity index (χ1) is 5.13. The highest BCUT2D eigenvalue weighted by molar-refractivity contribution is 6.04. The largest absolute Gasteiger partial charge is 0.762 e. The summed E-state index contributed by atoms with van der Waals surface area (Å²) < 4.78 is 0. The summed E-state index contributed by atoms with van der Waals surface area (Å²) >= 11 is 0. The number of nitrogens with two attached hydrogens (primary N) is 2. The third kappa shape index (κ3) is 8.37. The summed E-state index contributed by atoms with van der Waals surface area (Å²) in [5, 5.41) is 17.8. The second-order valence-electron chi connectivity index (χ2n) is 1.54. The average Bonchev–Trinajstić information content (AvgIpc) is 1.91. The highest BCUT2D eigenvalue weighted by Crippen LogP contribution is 1.78. The number of quaternary nitrogens is 1. The van der Waals surface area contributed by atoms with Gasteiger partial charge < -0.3 is 16.5 Å². The van der Waals surface area contributed by atoms with Gasteiger partial charge in [0.05, 0.1) is 14.1 Å². The molecule has 0 spiro atoms. The molecule has 0 aliphatic carbocycles. The molecule has 5 nitrogen and oxygen atoms in total. The molecule has 0 heterocycles. The zero-order valence-corrected chi connectivity index (χ0v) is 6.46. The molecule has 0 saturated heterocycles. The van der Waals surface area contributed by atoms with Crippen molar-refractivity contribution in [3.05, 3.63) is 11.0 Å². The first kappa shape index (κ1) is 12.1. The molecule has 0 fully saturated rings. The lowest BCUT2D eigenvalue weighted by Gasteiger charge is -1.82. The molecule has 0 atom stereocenters. The molecule has 0 radical (unpaired) electrons. The summed E-state index contributed by atoms with van der Waals surface area (Å²) in [5.41, 5.74) is 3.97. The van der Waals surface area contributed by atoms with Crippen molar-refractivity contribution in [1.82, 2.24) is 0 Å². The van der Waals surface area contributed by atoms with E-state index >= 15 is 0 Å². The molecule has 0 saturated carbocycles. The fourth-order valence-electron chi connectivity index (χ4n) is 0.135. The van der Waals surface area contributed by atoms with Gasteiger partial charge in [0.1, 0.15) is 11.6 Å². The zero-order chi connectivity index (χ0) is 9.28. The molecule has 0 aliphatic heterocycles. The lowest BCUT2D eigenvalue weighted by molar-refractivity contribution is -0.597. The molecule has 0 aliphatic rings. The Morgan fingerprint density at radius 2 is 2.00 bits per heavy atom. The van der Waals surface area contributed by atoms with Crippen LogP contribution in [0.4, 0.5) is 0 Å². The van der Waals surface area contributed by atoms with Crippen LogP contribution in [0.3, 0.4) is 0 Å². The fraction of sp³-hybridized carbons (Fsp3) is 0.333. The van der Waals surface area contributed by atoms with Crippen LogP contribution in [0.25, 0.3) is 5.41 Å². The minimum atomic E-state index is -0.977. The van der Waals surface area contributed by atoms with E-state index in [0.717, 1.165) is 0 Å². The quantitative estimate of drug-likeness (QED) is 0.258. The van der Waals surface area contributed by atoms with E-state index in [4.69, 9.17) is 10.7 Å². The molecule has 11 heavy (non-hydrogen) atoms. The van der Waals surface area contributed by atoms with Gasteiger partial charge in [0.2, 0.25) is 0 Å². The second-order valence-corrected chi connectivity index (χ2v) is 1.54. The molecular weight excluding hydrogens is 144 g/mol. The predicted octanol–water partition coefficient (Wildman–Crippen LogP) is -2.03. The monoisotopic (exact) mass is 154 g/mol. The van der Waals surface area contributed by atoms with E-state index in [-0.39, 0.29) is 0 Å². The van der Waals surface area contributed by atoms with Crippen LogP contribution >= 0.6 is 0 Å². The fourth-order valence-corrected chi connectivity index (χ4v) is 0.135. The van der Waals surface area contributed by atoms with Gasteiger partial charge in [-0.2, -0.15) is 5.26 Å². The summed E-state index contributed by atoms with van der Waals surface area (Å²) in [7, 11) is 4.00. The van der Waals surface area contributed by atoms with Crippen LogP contribution in [-0.2, 0) is 4.79 Å². The first-order valence-electron chi connectivity index (χ1n) is 2.84. The van der Waals surface area contributed by atoms with Crippen molar-refractivity contribution in [3.8, 4) is 6.07 Å². The maximum Gasteiger partial charge on any atom is 0.265 e. The van der Waals surface area contributed by atoms with Gasteiger partial charge >= 0.3 is 0 Å². The third-order valence-electron chi connectivity index (χ3n) is 0.470. The lowest BCUT2D eigenvalue weighted by Crippen LogP contribution is -2.74. The minimum absolute atomic E-state index is 0.565. The zero-order valence-electron chi connectivity index (χ0n) is 6.46. The van der Waals surface area contributed by atoms with Crippen LogP contribution in [0.15, 0.2) is 5.57 Å². The smallest absolute Gasteiger partial charge is 0.265 e. The Labute approximate surface area is 65.0 Å². The van der Waals surface area contributed by atoms with Crippen LogP contribution in [-0.4, -0.2) is 25.9 Å². The van der Waals surface area contributed by atoms with Gasteiger partial charge in [0, 0.05) is 0 Å². The van der Waals surface area contributed by atoms with Crippen LogP contribution in [0.5, 0.6) is 0 Å². The first-order valence-corrected chi connectivity index (χ1v) is 2.84. The van der Waals surface area contributed by atoms with Gasteiger partial charge in [-0.3, -0.25) is 4.79 Å². The molecule has 0 rings (SSSR count). The van der Waals surface area contributed by atoms with E-state index in [1.54, 1.807) is 0 Å². The van der Waals surface area contributed by atoms with E-state index in [1.165, 1.54) is 11.9 Å². The van der Waals surface area contributed by atoms with E-state index < -0.39 is 11.5 Å². The van der Waals surface area contributed by atoms with Gasteiger partial charge in [-0.1, -0.05) is 0 Å². The second kappa shape index (κ2) is 8.37. The van der Waals surface area contributed by atoms with Crippen molar-refractivity contribution < 1.29 is 10.1 Å². The lowest BCUT2D eigenvalue weighted by atomic mass is 10.3. The Morgan fingerprint density at radius 1 is 1.64 bits per heavy atom. The molecule has 0 aromatic heterocycles. The molecule has 0 bridgehead atoms. The van der Waals surface area contributed by atoms with Crippen molar-refractivity contribution in [2.24, 2.45) is 5.73 Å². The van der Waals surface area contributed by atoms with Gasteiger partial charge in [-0.05, 0) is 0 Å². The molecule has 60 valence electrons. The van der Waals surface area contributed by atoms with Gasteiger partial charge in [0.15, 0.2) is 0 Å². The van der Waals surface area contributed by atoms with Gasteiger partial charge in [-0.25, -0.2) is 5.87 Å². The highest BCUT2D eigenvalue weighted by atomic mass is 16.1. The van der Waals surface area contributed by atoms with Crippen LogP contribution in [0, 0.1) is 11.3 Å². The summed E-state index contributed by atoms with van der Waals surface area (Å²) in [6, 6.07) is 1.33. The number of hydrogen-bond acceptors (Lipinski definition) is 2. The average molecular weight is 154 g/mol. The number of rotatable bonds is 1. The van der Waals surface area contributed by atoms with Crippen LogP contribution < -0.4 is 11.1 Å². The summed E-state index contributed by atoms with van der Waals surface area (Å²) in [6.07, 6.45) is 0. The number of primary amides is 1. The molecular formula is C6H10N4O. The maximum atomic E-state index is 9.90. The number of hydrogen-bond donors (Lipinski definition) is 2. The summed E-state index contributed by atoms with van der Waals surface area (Å²) in [4.78, 5) is 9.90. The minimum Gasteiger partial charge on any atom is -0.762 e. The van der Waals surface area contributed by atoms with E-state index in [9.17, 15) is 4.79 Å². The van der Waals surface area contributed by atoms with E-state index in [1.807, 2.05) is 19.4 Å². The number of nitrogens with zero attached hydrogens (tertiary/aromatic N) is 2. The molecule has 0 aromatic carbocycles. The third-order valence-corrected chi connectivity index (χ3v) is 0.470. The summed E-state index contributed by atoms with van der Waals surface area (Å²) in [6.45, 7) is 0. The Balaban J connectivity index is 0. The normalized spacial score (nSPS) is 6.27. The Bertz CT molecular complexity index is 209. The molecule has 5 heteroatoms. The molecule has 1 amide bonds. The number of carbonyl (C=O) groups excluding carboxylic acids is 1. The molecule has 0 aromatic rings. The standard InChI is InChI=1S/C4H2N3O.C2H7N/c5-1-3(2-6)4(7)8;1-3-2/h(H2,7,8);3H,1-2H3/q-1;/p+1. The SMILES string of the molecule is C[NH2+]C.N#CC(=C=[N-])C(N)=O. The van der Waals surface area contributed by atoms with Crippen molar-refractivity contribution >= 4 is 11.8 Å². The van der Waals surface area contributed by atoms with Crippen LogP contribution in [0.1, 0.15) is 0 Å². The summed E-state index contributed by atoms with van der Waals surface area (Å²) in [5.74, 6) is 0.355. The van der Waals surface area contributed by atoms with Crippen molar-refractivity contribution in [2.75, 3.05) is 14.1 Å². The van der Waals surface area contributed by atoms with E-state index in [2.05, 4.69) is 5.73 Å². The highest BCUT2D eigenvalue weighted by Gasteiger charge is 1.95. The molecule has 0 unspecified atom stereocenters. The Hall–Kier alpha value is -1.63. The topological polar surface area (TPSA) is 106 Å². The van der Waals surface area contributed by atoms with Crippen molar-refractivity contribution in [3.63, 3.8) is 0 Å². The number of amides is 1. The molecule has 4 N–H and O–H groups in total. The number of carbonyl (C=O) groups is 1. The maximum absolute atomic E-state index is 9.90. The Morgan fingerprint density at radius 3 is 2.00 bits per heavy atom. The van der Waals surface area contributed by atoms with Gasteiger partial charge in [-0.15, -0.1) is 0 Å². The van der Waals surface area contributed by atoms with Crippen LogP contribution in [0.2, 0.25) is 0 Å². The Kier molecular flexibility index (Phi) is 9.20. The van der Waals surface area contributed by atoms with Crippen molar-refractivity contribution in [2.45, 2.75) is 0 Å². The van der Waals surface area contributed by atoms with Crippen molar-refractivity contribution in [1.29, 1.82) is 5.26 Å².